The zero-order valence-electron chi connectivity index (χ0n) is 9.44. The number of aromatic nitrogens is 4. The van der Waals surface area contributed by atoms with E-state index in [-0.39, 0.29) is 18.3 Å². The fourth-order valence-corrected chi connectivity index (χ4v) is 1.23. The summed E-state index contributed by atoms with van der Waals surface area (Å²) in [4.78, 5) is 19.4. The molecule has 0 aliphatic carbocycles. The third-order valence-electron chi connectivity index (χ3n) is 2.19. The fourth-order valence-electron chi connectivity index (χ4n) is 1.23. The Morgan fingerprint density at radius 2 is 2.24 bits per heavy atom. The van der Waals surface area contributed by atoms with Crippen molar-refractivity contribution in [1.82, 2.24) is 25.5 Å². The molecule has 8 heteroatoms. The molecule has 0 atom stereocenters. The minimum Gasteiger partial charge on any atom is -0.444 e. The van der Waals surface area contributed by atoms with Crippen molar-refractivity contribution in [3.8, 4) is 0 Å². The number of anilines is 1. The van der Waals surface area contributed by atoms with E-state index in [1.54, 1.807) is 0 Å². The monoisotopic (exact) mass is 236 g/mol. The molecule has 17 heavy (non-hydrogen) atoms. The van der Waals surface area contributed by atoms with Crippen LogP contribution in [0, 0.1) is 13.8 Å². The van der Waals surface area contributed by atoms with E-state index in [4.69, 9.17) is 10.2 Å². The number of aromatic amines is 1. The molecule has 0 radical (unpaired) electrons. The van der Waals surface area contributed by atoms with Gasteiger partial charge in [0.25, 0.3) is 5.91 Å². The van der Waals surface area contributed by atoms with Crippen LogP contribution in [0.4, 0.5) is 5.95 Å². The van der Waals surface area contributed by atoms with Crippen LogP contribution in [0.25, 0.3) is 0 Å². The van der Waals surface area contributed by atoms with Gasteiger partial charge >= 0.3 is 0 Å². The van der Waals surface area contributed by atoms with Crippen molar-refractivity contribution in [1.29, 1.82) is 0 Å². The first kappa shape index (κ1) is 11.1. The Morgan fingerprint density at radius 3 is 2.76 bits per heavy atom. The van der Waals surface area contributed by atoms with Crippen LogP contribution in [-0.4, -0.2) is 26.1 Å². The molecule has 0 saturated heterocycles. The largest absolute Gasteiger partial charge is 0.444 e. The molecule has 0 bridgehead atoms. The van der Waals surface area contributed by atoms with E-state index in [9.17, 15) is 4.79 Å². The molecule has 8 nitrogen and oxygen atoms in total. The van der Waals surface area contributed by atoms with Gasteiger partial charge in [0, 0.05) is 0 Å². The topological polar surface area (TPSA) is 123 Å². The number of oxazole rings is 1. The van der Waals surface area contributed by atoms with Gasteiger partial charge in [0.15, 0.2) is 0 Å². The van der Waals surface area contributed by atoms with Crippen molar-refractivity contribution in [2.75, 3.05) is 5.73 Å². The Hall–Kier alpha value is -2.38. The maximum atomic E-state index is 11.6. The highest BCUT2D eigenvalue weighted by atomic mass is 16.4. The van der Waals surface area contributed by atoms with Crippen LogP contribution in [0.15, 0.2) is 4.42 Å². The van der Waals surface area contributed by atoms with Gasteiger partial charge in [0.2, 0.25) is 17.7 Å². The minimum absolute atomic E-state index is 0.0259. The molecule has 4 N–H and O–H groups in total. The van der Waals surface area contributed by atoms with E-state index in [1.165, 1.54) is 0 Å². The second-order valence-electron chi connectivity index (χ2n) is 3.47. The highest BCUT2D eigenvalue weighted by molar-refractivity contribution is 5.90. The second kappa shape index (κ2) is 4.24. The zero-order valence-corrected chi connectivity index (χ0v) is 9.44. The van der Waals surface area contributed by atoms with E-state index >= 15 is 0 Å². The lowest BCUT2D eigenvalue weighted by Crippen LogP contribution is -2.24. The first-order valence-corrected chi connectivity index (χ1v) is 4.95. The van der Waals surface area contributed by atoms with Crippen molar-refractivity contribution >= 4 is 11.9 Å². The summed E-state index contributed by atoms with van der Waals surface area (Å²) in [5.74, 6) is 0.849. The SMILES string of the molecule is Cc1nc(CNC(=O)c2nc(N)n[nH]2)oc1C. The lowest BCUT2D eigenvalue weighted by atomic mass is 10.4. The molecular formula is C9H12N6O2. The molecule has 0 spiro atoms. The quantitative estimate of drug-likeness (QED) is 0.685. The predicted octanol–water partition coefficient (Wildman–Crippen LogP) is -0.0783. The highest BCUT2D eigenvalue weighted by Gasteiger charge is 2.12. The number of nitrogens with one attached hydrogen (secondary N) is 2. The Kier molecular flexibility index (Phi) is 2.77. The van der Waals surface area contributed by atoms with Crippen molar-refractivity contribution in [2.45, 2.75) is 20.4 Å². The molecule has 0 aliphatic heterocycles. The maximum absolute atomic E-state index is 11.6. The first-order valence-electron chi connectivity index (χ1n) is 4.95. The number of amides is 1. The summed E-state index contributed by atoms with van der Waals surface area (Å²) < 4.78 is 5.31. The average molecular weight is 236 g/mol. The summed E-state index contributed by atoms with van der Waals surface area (Å²) in [5, 5.41) is 8.55. The standard InChI is InChI=1S/C9H12N6O2/c1-4-5(2)17-6(12-4)3-11-8(16)7-13-9(10)15-14-7/h3H2,1-2H3,(H,11,16)(H3,10,13,14,15). The zero-order chi connectivity index (χ0) is 12.4. The minimum atomic E-state index is -0.414. The van der Waals surface area contributed by atoms with Gasteiger partial charge < -0.3 is 15.5 Å². The molecule has 2 aromatic rings. The third kappa shape index (κ3) is 2.41. The fraction of sp³-hybridized carbons (Fsp3) is 0.333. The van der Waals surface area contributed by atoms with Gasteiger partial charge in [0.1, 0.15) is 5.76 Å². The lowest BCUT2D eigenvalue weighted by Gasteiger charge is -1.98. The van der Waals surface area contributed by atoms with Crippen LogP contribution in [0.1, 0.15) is 28.0 Å². The number of nitrogens with two attached hydrogens (primary N) is 1. The second-order valence-corrected chi connectivity index (χ2v) is 3.47. The van der Waals surface area contributed by atoms with E-state index in [2.05, 4.69) is 25.5 Å². The summed E-state index contributed by atoms with van der Waals surface area (Å²) in [6, 6.07) is 0. The number of hydrogen-bond donors (Lipinski definition) is 3. The number of aryl methyl sites for hydroxylation is 2. The van der Waals surface area contributed by atoms with E-state index in [1.807, 2.05) is 13.8 Å². The first-order chi connectivity index (χ1) is 8.06. The molecule has 0 aromatic carbocycles. The molecular weight excluding hydrogens is 224 g/mol. The summed E-state index contributed by atoms with van der Waals surface area (Å²) in [5.41, 5.74) is 6.09. The Bertz CT molecular complexity index is 524. The number of carbonyl (C=O) groups is 1. The number of nitrogens with zero attached hydrogens (tertiary/aromatic N) is 3. The molecule has 0 unspecified atom stereocenters. The van der Waals surface area contributed by atoms with Crippen LogP contribution >= 0.6 is 0 Å². The van der Waals surface area contributed by atoms with Crippen molar-refractivity contribution in [3.63, 3.8) is 0 Å². The Balaban J connectivity index is 1.96. The van der Waals surface area contributed by atoms with Gasteiger partial charge in [-0.15, -0.1) is 5.10 Å². The lowest BCUT2D eigenvalue weighted by molar-refractivity contribution is 0.0937. The van der Waals surface area contributed by atoms with Gasteiger partial charge in [-0.3, -0.25) is 9.89 Å². The third-order valence-corrected chi connectivity index (χ3v) is 2.19. The van der Waals surface area contributed by atoms with E-state index in [0.29, 0.717) is 5.89 Å². The van der Waals surface area contributed by atoms with Crippen molar-refractivity contribution in [2.24, 2.45) is 0 Å². The Morgan fingerprint density at radius 1 is 1.47 bits per heavy atom. The van der Waals surface area contributed by atoms with Crippen LogP contribution in [0.2, 0.25) is 0 Å². The molecule has 0 aliphatic rings. The predicted molar refractivity (Wildman–Crippen MR) is 57.9 cm³/mol. The normalized spacial score (nSPS) is 10.5. The average Bonchev–Trinajstić information content (AvgIpc) is 2.83. The summed E-state index contributed by atoms with van der Waals surface area (Å²) >= 11 is 0. The van der Waals surface area contributed by atoms with Crippen LogP contribution in [0.3, 0.4) is 0 Å². The van der Waals surface area contributed by atoms with E-state index in [0.717, 1.165) is 11.5 Å². The molecule has 1 amide bonds. The van der Waals surface area contributed by atoms with Gasteiger partial charge in [-0.05, 0) is 13.8 Å². The van der Waals surface area contributed by atoms with Crippen LogP contribution in [-0.2, 0) is 6.54 Å². The van der Waals surface area contributed by atoms with Crippen molar-refractivity contribution in [3.05, 3.63) is 23.2 Å². The number of hydrogen-bond acceptors (Lipinski definition) is 6. The molecule has 90 valence electrons. The molecule has 2 rings (SSSR count). The van der Waals surface area contributed by atoms with Crippen molar-refractivity contribution < 1.29 is 9.21 Å². The van der Waals surface area contributed by atoms with Gasteiger partial charge in [-0.2, -0.15) is 4.98 Å². The molecule has 0 fully saturated rings. The van der Waals surface area contributed by atoms with Gasteiger partial charge in [-0.25, -0.2) is 4.98 Å². The van der Waals surface area contributed by atoms with Crippen LogP contribution < -0.4 is 11.1 Å². The summed E-state index contributed by atoms with van der Waals surface area (Å²) in [6.07, 6.45) is 0. The number of rotatable bonds is 3. The molecule has 2 heterocycles. The highest BCUT2D eigenvalue weighted by Crippen LogP contribution is 2.07. The van der Waals surface area contributed by atoms with Gasteiger partial charge in [-0.1, -0.05) is 0 Å². The number of nitrogen functional groups attached to an aromatic ring is 1. The number of carbonyl (C=O) groups excluding carboxylic acids is 1. The van der Waals surface area contributed by atoms with Gasteiger partial charge in [0.05, 0.1) is 12.2 Å². The molecule has 0 saturated carbocycles. The summed E-state index contributed by atoms with van der Waals surface area (Å²) in [7, 11) is 0. The Labute approximate surface area is 96.6 Å². The smallest absolute Gasteiger partial charge is 0.289 e. The van der Waals surface area contributed by atoms with E-state index < -0.39 is 5.91 Å². The maximum Gasteiger partial charge on any atom is 0.289 e. The van der Waals surface area contributed by atoms with Crippen LogP contribution in [0.5, 0.6) is 0 Å². The number of H-pyrrole nitrogens is 1. The molecule has 2 aromatic heterocycles. The summed E-state index contributed by atoms with van der Waals surface area (Å²) in [6.45, 7) is 3.83.